The van der Waals surface area contributed by atoms with Gasteiger partial charge in [-0.2, -0.15) is 0 Å². The molecule has 0 saturated carbocycles. The first-order valence-corrected chi connectivity index (χ1v) is 11.1. The Kier molecular flexibility index (Phi) is 4.77. The number of fused-ring (bicyclic) bond motifs is 2. The Morgan fingerprint density at radius 3 is 2.38 bits per heavy atom. The number of piperidine rings is 1. The number of hydrogen-bond acceptors (Lipinski definition) is 5. The number of carbonyl (C=O) groups excluding carboxylic acids is 2. The summed E-state index contributed by atoms with van der Waals surface area (Å²) in [6, 6.07) is 9.47. The molecule has 1 fully saturated rings. The van der Waals surface area contributed by atoms with Gasteiger partial charge in [0.2, 0.25) is 0 Å². The SMILES string of the molecule is Cc1cc(C)c2c(c1)C(=O)CC1(CCN(C(=O)c3ccc4nc(C)c(C)nc4c3)CC1)O2. The van der Waals surface area contributed by atoms with E-state index in [-0.39, 0.29) is 11.7 Å². The molecule has 0 unspecified atom stereocenters. The highest BCUT2D eigenvalue weighted by Gasteiger charge is 2.44. The molecule has 2 aliphatic heterocycles. The van der Waals surface area contributed by atoms with Crippen LogP contribution in [0.2, 0.25) is 0 Å². The summed E-state index contributed by atoms with van der Waals surface area (Å²) in [5.41, 5.74) is 6.13. The van der Waals surface area contributed by atoms with Crippen molar-refractivity contribution in [2.75, 3.05) is 13.1 Å². The lowest BCUT2D eigenvalue weighted by Gasteiger charge is -2.44. The van der Waals surface area contributed by atoms with Crippen molar-refractivity contribution in [1.82, 2.24) is 14.9 Å². The number of rotatable bonds is 1. The van der Waals surface area contributed by atoms with Crippen LogP contribution in [0.25, 0.3) is 11.0 Å². The van der Waals surface area contributed by atoms with Gasteiger partial charge < -0.3 is 9.64 Å². The van der Waals surface area contributed by atoms with Crippen LogP contribution in [0.15, 0.2) is 30.3 Å². The van der Waals surface area contributed by atoms with Gasteiger partial charge in [-0.1, -0.05) is 6.07 Å². The topological polar surface area (TPSA) is 72.4 Å². The summed E-state index contributed by atoms with van der Waals surface area (Å²) in [6.07, 6.45) is 1.65. The predicted octanol–water partition coefficient (Wildman–Crippen LogP) is 4.50. The normalized spacial score (nSPS) is 17.4. The van der Waals surface area contributed by atoms with Crippen molar-refractivity contribution in [2.24, 2.45) is 0 Å². The average molecular weight is 430 g/mol. The number of carbonyl (C=O) groups is 2. The fraction of sp³-hybridized carbons (Fsp3) is 0.385. The van der Waals surface area contributed by atoms with Gasteiger partial charge in [-0.05, 0) is 63.1 Å². The zero-order valence-electron chi connectivity index (χ0n) is 19.0. The zero-order chi connectivity index (χ0) is 22.6. The summed E-state index contributed by atoms with van der Waals surface area (Å²) in [7, 11) is 0. The molecule has 6 nitrogen and oxygen atoms in total. The molecule has 0 bridgehead atoms. The Hall–Kier alpha value is -3.28. The first-order valence-electron chi connectivity index (χ1n) is 11.1. The van der Waals surface area contributed by atoms with E-state index < -0.39 is 5.60 Å². The van der Waals surface area contributed by atoms with Crippen LogP contribution in [-0.4, -0.2) is 45.2 Å². The van der Waals surface area contributed by atoms with Gasteiger partial charge in [0.15, 0.2) is 5.78 Å². The molecule has 2 aromatic carbocycles. The van der Waals surface area contributed by atoms with Gasteiger partial charge in [0.25, 0.3) is 5.91 Å². The van der Waals surface area contributed by atoms with E-state index in [0.717, 1.165) is 33.5 Å². The van der Waals surface area contributed by atoms with Gasteiger partial charge in [-0.3, -0.25) is 9.59 Å². The van der Waals surface area contributed by atoms with Gasteiger partial charge >= 0.3 is 0 Å². The van der Waals surface area contributed by atoms with E-state index in [4.69, 9.17) is 4.74 Å². The van der Waals surface area contributed by atoms with Crippen LogP contribution in [0.3, 0.4) is 0 Å². The van der Waals surface area contributed by atoms with Gasteiger partial charge in [0.1, 0.15) is 11.4 Å². The molecule has 1 spiro atoms. The molecule has 6 heteroatoms. The maximum absolute atomic E-state index is 13.2. The fourth-order valence-corrected chi connectivity index (χ4v) is 4.88. The third kappa shape index (κ3) is 3.44. The Labute approximate surface area is 187 Å². The number of benzene rings is 2. The standard InChI is InChI=1S/C26H27N3O3/c1-15-11-16(2)24-20(12-15)23(30)14-26(32-24)7-9-29(10-8-26)25(31)19-5-6-21-22(13-19)28-18(4)17(3)27-21/h5-6,11-13H,7-10,14H2,1-4H3. The molecule has 0 atom stereocenters. The molecular formula is C26H27N3O3. The van der Waals surface area contributed by atoms with E-state index >= 15 is 0 Å². The van der Waals surface area contributed by atoms with Crippen molar-refractivity contribution >= 4 is 22.7 Å². The molecule has 3 aromatic rings. The maximum Gasteiger partial charge on any atom is 0.253 e. The summed E-state index contributed by atoms with van der Waals surface area (Å²) >= 11 is 0. The number of ether oxygens (including phenoxy) is 1. The molecular weight excluding hydrogens is 402 g/mol. The molecule has 0 N–H and O–H groups in total. The zero-order valence-corrected chi connectivity index (χ0v) is 19.0. The van der Waals surface area contributed by atoms with Crippen LogP contribution in [0.1, 0.15) is 62.5 Å². The van der Waals surface area contributed by atoms with Gasteiger partial charge in [0.05, 0.1) is 34.4 Å². The van der Waals surface area contributed by atoms with E-state index in [9.17, 15) is 9.59 Å². The van der Waals surface area contributed by atoms with Gasteiger partial charge in [-0.15, -0.1) is 0 Å². The van der Waals surface area contributed by atoms with Crippen molar-refractivity contribution in [3.05, 3.63) is 64.0 Å². The molecule has 0 aliphatic carbocycles. The second kappa shape index (κ2) is 7.40. The van der Waals surface area contributed by atoms with Crippen LogP contribution in [0.4, 0.5) is 0 Å². The summed E-state index contributed by atoms with van der Waals surface area (Å²) in [5, 5.41) is 0. The third-order valence-electron chi connectivity index (χ3n) is 6.80. The first-order chi connectivity index (χ1) is 15.2. The Morgan fingerprint density at radius 2 is 1.66 bits per heavy atom. The molecule has 164 valence electrons. The largest absolute Gasteiger partial charge is 0.486 e. The van der Waals surface area contributed by atoms with Crippen LogP contribution in [0.5, 0.6) is 5.75 Å². The predicted molar refractivity (Wildman–Crippen MR) is 122 cm³/mol. The van der Waals surface area contributed by atoms with Crippen molar-refractivity contribution in [2.45, 2.75) is 52.6 Å². The molecule has 2 aliphatic rings. The first kappa shape index (κ1) is 20.6. The highest BCUT2D eigenvalue weighted by molar-refractivity contribution is 6.01. The van der Waals surface area contributed by atoms with Crippen LogP contribution < -0.4 is 4.74 Å². The minimum absolute atomic E-state index is 0.0175. The van der Waals surface area contributed by atoms with E-state index in [2.05, 4.69) is 16.0 Å². The number of likely N-dealkylation sites (tertiary alicyclic amines) is 1. The summed E-state index contributed by atoms with van der Waals surface area (Å²) in [4.78, 5) is 37.1. The van der Waals surface area contributed by atoms with Gasteiger partial charge in [-0.25, -0.2) is 9.97 Å². The van der Waals surface area contributed by atoms with E-state index in [1.54, 1.807) is 0 Å². The smallest absolute Gasteiger partial charge is 0.253 e. The van der Waals surface area contributed by atoms with E-state index in [0.29, 0.717) is 49.2 Å². The van der Waals surface area contributed by atoms with E-state index in [1.165, 1.54) is 0 Å². The molecule has 1 saturated heterocycles. The number of aromatic nitrogens is 2. The van der Waals surface area contributed by atoms with Crippen LogP contribution in [-0.2, 0) is 0 Å². The van der Waals surface area contributed by atoms with Gasteiger partial charge in [0, 0.05) is 31.5 Å². The highest BCUT2D eigenvalue weighted by atomic mass is 16.5. The number of aryl methyl sites for hydroxylation is 4. The summed E-state index contributed by atoms with van der Waals surface area (Å²) in [6.45, 7) is 8.96. The summed E-state index contributed by atoms with van der Waals surface area (Å²) < 4.78 is 6.46. The van der Waals surface area contributed by atoms with Crippen molar-refractivity contribution in [1.29, 1.82) is 0 Å². The van der Waals surface area contributed by atoms with Crippen LogP contribution in [0, 0.1) is 27.7 Å². The minimum Gasteiger partial charge on any atom is -0.486 e. The highest BCUT2D eigenvalue weighted by Crippen LogP contribution is 2.41. The molecule has 5 rings (SSSR count). The molecule has 0 radical (unpaired) electrons. The fourth-order valence-electron chi connectivity index (χ4n) is 4.88. The van der Waals surface area contributed by atoms with Crippen molar-refractivity contribution in [3.63, 3.8) is 0 Å². The molecule has 32 heavy (non-hydrogen) atoms. The Balaban J connectivity index is 1.34. The van der Waals surface area contributed by atoms with E-state index in [1.807, 2.05) is 56.9 Å². The van der Waals surface area contributed by atoms with Crippen molar-refractivity contribution in [3.8, 4) is 5.75 Å². The number of Topliss-reactive ketones (excluding diaryl/α,β-unsaturated/α-hetero) is 1. The number of ketones is 1. The Morgan fingerprint density at radius 1 is 0.969 bits per heavy atom. The second-order valence-electron chi connectivity index (χ2n) is 9.23. The lowest BCUT2D eigenvalue weighted by Crippen LogP contribution is -2.52. The van der Waals surface area contributed by atoms with Crippen molar-refractivity contribution < 1.29 is 14.3 Å². The quantitative estimate of drug-likeness (QED) is 0.569. The second-order valence-corrected chi connectivity index (χ2v) is 9.23. The molecule has 1 amide bonds. The Bertz CT molecular complexity index is 1270. The number of amides is 1. The summed E-state index contributed by atoms with van der Waals surface area (Å²) in [5.74, 6) is 0.832. The minimum atomic E-state index is -0.523. The lowest BCUT2D eigenvalue weighted by molar-refractivity contribution is -0.00618. The molecule has 1 aromatic heterocycles. The third-order valence-corrected chi connectivity index (χ3v) is 6.80. The molecule has 3 heterocycles. The maximum atomic E-state index is 13.2. The monoisotopic (exact) mass is 429 g/mol. The average Bonchev–Trinajstić information content (AvgIpc) is 2.75. The van der Waals surface area contributed by atoms with Crippen LogP contribution >= 0.6 is 0 Å². The lowest BCUT2D eigenvalue weighted by atomic mass is 9.81. The number of hydrogen-bond donors (Lipinski definition) is 0. The number of nitrogens with zero attached hydrogens (tertiary/aromatic N) is 3.